The van der Waals surface area contributed by atoms with Crippen molar-refractivity contribution in [3.8, 4) is 0 Å². The molecule has 5 nitrogen and oxygen atoms in total. The first kappa shape index (κ1) is 17.7. The molecule has 1 N–H and O–H groups in total. The maximum atomic E-state index is 12.7. The third-order valence-corrected chi connectivity index (χ3v) is 4.85. The van der Waals surface area contributed by atoms with Gasteiger partial charge in [0.2, 0.25) is 0 Å². The Bertz CT molecular complexity index is 534. The fourth-order valence-corrected chi connectivity index (χ4v) is 3.55. The Morgan fingerprint density at radius 2 is 2.00 bits per heavy atom. The molecule has 1 aromatic heterocycles. The van der Waals surface area contributed by atoms with Gasteiger partial charge in [-0.15, -0.1) is 0 Å². The molecule has 2 saturated heterocycles. The predicted molar refractivity (Wildman–Crippen MR) is 83.9 cm³/mol. The van der Waals surface area contributed by atoms with E-state index in [0.717, 1.165) is 64.9 Å². The summed E-state index contributed by atoms with van der Waals surface area (Å²) in [5.74, 6) is 0.519. The Balaban J connectivity index is 1.51. The minimum atomic E-state index is -4.35. The summed E-state index contributed by atoms with van der Waals surface area (Å²) in [7, 11) is 0. The number of aromatic amines is 1. The molecule has 136 valence electrons. The Kier molecular flexibility index (Phi) is 5.46. The number of nitrogens with one attached hydrogen (secondary N) is 1. The zero-order valence-electron chi connectivity index (χ0n) is 14.0. The second-order valence-corrected chi connectivity index (χ2v) is 6.80. The largest absolute Gasteiger partial charge is 0.432 e. The van der Waals surface area contributed by atoms with Crippen LogP contribution in [-0.4, -0.2) is 71.7 Å². The third-order valence-electron chi connectivity index (χ3n) is 4.85. The van der Waals surface area contributed by atoms with Gasteiger partial charge in [-0.25, -0.2) is 4.98 Å². The molecule has 0 amide bonds. The van der Waals surface area contributed by atoms with Crippen LogP contribution in [0.2, 0.25) is 0 Å². The lowest BCUT2D eigenvalue weighted by molar-refractivity contribution is -0.141. The second kappa shape index (κ2) is 7.41. The number of hydrogen-bond donors (Lipinski definition) is 1. The molecule has 0 aliphatic carbocycles. The molecular weight excluding hydrogens is 321 g/mol. The van der Waals surface area contributed by atoms with Crippen molar-refractivity contribution in [2.75, 3.05) is 45.9 Å². The molecule has 8 heteroatoms. The highest BCUT2D eigenvalue weighted by molar-refractivity contribution is 5.09. The van der Waals surface area contributed by atoms with Crippen molar-refractivity contribution in [3.05, 3.63) is 17.7 Å². The zero-order chi connectivity index (χ0) is 17.2. The van der Waals surface area contributed by atoms with Gasteiger partial charge in [-0.3, -0.25) is 4.90 Å². The number of nitrogens with zero attached hydrogens (tertiary/aromatic N) is 3. The molecule has 2 aliphatic rings. The summed E-state index contributed by atoms with van der Waals surface area (Å²) < 4.78 is 43.7. The number of hydrogen-bond acceptors (Lipinski definition) is 4. The van der Waals surface area contributed by atoms with Crippen LogP contribution in [0.4, 0.5) is 13.2 Å². The van der Waals surface area contributed by atoms with Gasteiger partial charge in [-0.1, -0.05) is 0 Å². The van der Waals surface area contributed by atoms with E-state index in [1.807, 2.05) is 0 Å². The van der Waals surface area contributed by atoms with Gasteiger partial charge in [0.1, 0.15) is 11.5 Å². The average molecular weight is 346 g/mol. The number of imidazole rings is 1. The normalized spacial score (nSPS) is 27.5. The molecule has 0 unspecified atom stereocenters. The van der Waals surface area contributed by atoms with E-state index in [9.17, 15) is 13.2 Å². The number of piperidine rings is 1. The van der Waals surface area contributed by atoms with E-state index in [2.05, 4.69) is 26.7 Å². The number of H-pyrrole nitrogens is 1. The van der Waals surface area contributed by atoms with Crippen LogP contribution in [0.5, 0.6) is 0 Å². The van der Waals surface area contributed by atoms with E-state index in [0.29, 0.717) is 5.82 Å². The third kappa shape index (κ3) is 4.49. The van der Waals surface area contributed by atoms with Crippen LogP contribution in [0.1, 0.15) is 37.2 Å². The standard InChI is InChI=1S/C16H25F3N4O/c1-12-10-23(7-8-24-12)6-5-22-4-2-3-13(11-22)15-20-9-14(21-15)16(17,18)19/h9,12-13H,2-8,10-11H2,1H3,(H,20,21)/t12-,13-/m1/s1. The fraction of sp³-hybridized carbons (Fsp3) is 0.812. The van der Waals surface area contributed by atoms with Crippen LogP contribution >= 0.6 is 0 Å². The fourth-order valence-electron chi connectivity index (χ4n) is 3.55. The maximum absolute atomic E-state index is 12.7. The molecule has 2 aliphatic heterocycles. The molecule has 0 saturated carbocycles. The highest BCUT2D eigenvalue weighted by atomic mass is 19.4. The first-order valence-electron chi connectivity index (χ1n) is 8.60. The van der Waals surface area contributed by atoms with Gasteiger partial charge in [0.15, 0.2) is 0 Å². The van der Waals surface area contributed by atoms with Gasteiger partial charge in [-0.2, -0.15) is 13.2 Å². The van der Waals surface area contributed by atoms with Gasteiger partial charge >= 0.3 is 6.18 Å². The second-order valence-electron chi connectivity index (χ2n) is 6.80. The summed E-state index contributed by atoms with van der Waals surface area (Å²) in [5, 5.41) is 0. The molecule has 3 rings (SSSR count). The van der Waals surface area contributed by atoms with Crippen LogP contribution < -0.4 is 0 Å². The van der Waals surface area contributed by atoms with Crippen molar-refractivity contribution >= 4 is 0 Å². The highest BCUT2D eigenvalue weighted by Gasteiger charge is 2.34. The van der Waals surface area contributed by atoms with Crippen molar-refractivity contribution in [1.82, 2.24) is 19.8 Å². The van der Waals surface area contributed by atoms with Crippen LogP contribution in [0, 0.1) is 0 Å². The van der Waals surface area contributed by atoms with E-state index in [-0.39, 0.29) is 12.0 Å². The summed E-state index contributed by atoms with van der Waals surface area (Å²) in [6, 6.07) is 0. The summed E-state index contributed by atoms with van der Waals surface area (Å²) in [6.07, 6.45) is -1.30. The minimum Gasteiger partial charge on any atom is -0.376 e. The first-order chi connectivity index (χ1) is 11.4. The molecule has 1 aromatic rings. The molecule has 2 fully saturated rings. The Morgan fingerprint density at radius 1 is 1.25 bits per heavy atom. The van der Waals surface area contributed by atoms with Gasteiger partial charge in [0.25, 0.3) is 0 Å². The topological polar surface area (TPSA) is 44.4 Å². The number of ether oxygens (including phenoxy) is 1. The van der Waals surface area contributed by atoms with E-state index < -0.39 is 11.9 Å². The predicted octanol–water partition coefficient (Wildman–Crippen LogP) is 2.33. The molecule has 0 spiro atoms. The van der Waals surface area contributed by atoms with E-state index in [1.54, 1.807) is 0 Å². The molecule has 24 heavy (non-hydrogen) atoms. The minimum absolute atomic E-state index is 0.0541. The summed E-state index contributed by atoms with van der Waals surface area (Å²) in [4.78, 5) is 11.2. The Labute approximate surface area is 140 Å². The quantitative estimate of drug-likeness (QED) is 0.909. The molecule has 0 aromatic carbocycles. The lowest BCUT2D eigenvalue weighted by Gasteiger charge is -2.35. The molecule has 0 bridgehead atoms. The number of morpholine rings is 1. The van der Waals surface area contributed by atoms with Crippen molar-refractivity contribution in [1.29, 1.82) is 0 Å². The van der Waals surface area contributed by atoms with Gasteiger partial charge < -0.3 is 14.6 Å². The molecule has 2 atom stereocenters. The van der Waals surface area contributed by atoms with Crippen LogP contribution in [0.3, 0.4) is 0 Å². The van der Waals surface area contributed by atoms with Crippen LogP contribution in [-0.2, 0) is 10.9 Å². The van der Waals surface area contributed by atoms with Crippen molar-refractivity contribution < 1.29 is 17.9 Å². The van der Waals surface area contributed by atoms with Gasteiger partial charge in [-0.05, 0) is 26.3 Å². The summed E-state index contributed by atoms with van der Waals surface area (Å²) >= 11 is 0. The Hall–Kier alpha value is -1.12. The highest BCUT2D eigenvalue weighted by Crippen LogP contribution is 2.30. The molecule has 0 radical (unpaired) electrons. The van der Waals surface area contributed by atoms with Gasteiger partial charge in [0.05, 0.1) is 18.9 Å². The zero-order valence-corrected chi connectivity index (χ0v) is 14.0. The Morgan fingerprint density at radius 3 is 2.67 bits per heavy atom. The summed E-state index contributed by atoms with van der Waals surface area (Å²) in [6.45, 7) is 8.45. The monoisotopic (exact) mass is 346 g/mol. The van der Waals surface area contributed by atoms with Crippen molar-refractivity contribution in [3.63, 3.8) is 0 Å². The SMILES string of the molecule is C[C@@H]1CN(CCN2CCC[C@@H](c3ncc(C(F)(F)F)[nH]3)C2)CCO1. The molecule has 3 heterocycles. The van der Waals surface area contributed by atoms with Crippen LogP contribution in [0.15, 0.2) is 6.20 Å². The average Bonchev–Trinajstić information content (AvgIpc) is 3.04. The van der Waals surface area contributed by atoms with Crippen molar-refractivity contribution in [2.24, 2.45) is 0 Å². The smallest absolute Gasteiger partial charge is 0.376 e. The number of aromatic nitrogens is 2. The number of rotatable bonds is 4. The lowest BCUT2D eigenvalue weighted by Crippen LogP contribution is -2.46. The number of likely N-dealkylation sites (tertiary alicyclic amines) is 1. The molecular formula is C16H25F3N4O. The van der Waals surface area contributed by atoms with Gasteiger partial charge in [0, 0.05) is 38.6 Å². The van der Waals surface area contributed by atoms with Crippen molar-refractivity contribution in [2.45, 2.75) is 38.0 Å². The van der Waals surface area contributed by atoms with E-state index in [1.165, 1.54) is 0 Å². The van der Waals surface area contributed by atoms with Crippen LogP contribution in [0.25, 0.3) is 0 Å². The summed E-state index contributed by atoms with van der Waals surface area (Å²) in [5.41, 5.74) is -0.753. The van der Waals surface area contributed by atoms with E-state index >= 15 is 0 Å². The number of alkyl halides is 3. The lowest BCUT2D eigenvalue weighted by atomic mass is 9.97. The van der Waals surface area contributed by atoms with E-state index in [4.69, 9.17) is 4.74 Å². The first-order valence-corrected chi connectivity index (χ1v) is 8.60. The maximum Gasteiger partial charge on any atom is 0.432 e. The number of halogens is 3.